The number of benzene rings is 1. The molecule has 138 valence electrons. The first kappa shape index (κ1) is 17.0. The SMILES string of the molecule is CN(C)c1nccnc1N1CCn2nc(COc3ccccc3)cc2C1=O. The summed E-state index contributed by atoms with van der Waals surface area (Å²) in [4.78, 5) is 25.2. The Morgan fingerprint density at radius 3 is 2.67 bits per heavy atom. The quantitative estimate of drug-likeness (QED) is 0.689. The van der Waals surface area contributed by atoms with E-state index in [1.807, 2.05) is 49.3 Å². The number of rotatable bonds is 5. The van der Waals surface area contributed by atoms with E-state index >= 15 is 0 Å². The summed E-state index contributed by atoms with van der Waals surface area (Å²) in [6.45, 7) is 1.40. The number of carbonyl (C=O) groups is 1. The summed E-state index contributed by atoms with van der Waals surface area (Å²) in [6, 6.07) is 11.3. The van der Waals surface area contributed by atoms with Crippen LogP contribution in [0.25, 0.3) is 0 Å². The van der Waals surface area contributed by atoms with Crippen molar-refractivity contribution in [3.63, 3.8) is 0 Å². The molecule has 2 aromatic heterocycles. The van der Waals surface area contributed by atoms with Crippen molar-refractivity contribution < 1.29 is 9.53 Å². The Morgan fingerprint density at radius 2 is 1.89 bits per heavy atom. The highest BCUT2D eigenvalue weighted by molar-refractivity contribution is 6.06. The number of carbonyl (C=O) groups excluding carboxylic acids is 1. The fourth-order valence-electron chi connectivity index (χ4n) is 3.02. The van der Waals surface area contributed by atoms with Gasteiger partial charge in [-0.2, -0.15) is 5.10 Å². The van der Waals surface area contributed by atoms with E-state index in [1.54, 1.807) is 28.0 Å². The molecule has 0 spiro atoms. The van der Waals surface area contributed by atoms with E-state index in [0.717, 1.165) is 11.4 Å². The van der Waals surface area contributed by atoms with Crippen molar-refractivity contribution in [3.05, 3.63) is 60.2 Å². The van der Waals surface area contributed by atoms with Crippen molar-refractivity contribution in [1.29, 1.82) is 0 Å². The van der Waals surface area contributed by atoms with Gasteiger partial charge in [0.2, 0.25) is 0 Å². The summed E-state index contributed by atoms with van der Waals surface area (Å²) in [5, 5.41) is 4.50. The summed E-state index contributed by atoms with van der Waals surface area (Å²) in [6.07, 6.45) is 3.22. The fraction of sp³-hybridized carbons (Fsp3) is 0.263. The van der Waals surface area contributed by atoms with Gasteiger partial charge in [-0.25, -0.2) is 9.97 Å². The lowest BCUT2D eigenvalue weighted by Crippen LogP contribution is -2.41. The Kier molecular flexibility index (Phi) is 4.45. The van der Waals surface area contributed by atoms with E-state index in [1.165, 1.54) is 0 Å². The minimum absolute atomic E-state index is 0.136. The van der Waals surface area contributed by atoms with E-state index < -0.39 is 0 Å². The number of para-hydroxylation sites is 1. The molecule has 0 saturated carbocycles. The molecular formula is C19H20N6O2. The van der Waals surface area contributed by atoms with Crippen LogP contribution in [0.5, 0.6) is 5.75 Å². The number of fused-ring (bicyclic) bond motifs is 1. The molecule has 8 heteroatoms. The molecule has 3 heterocycles. The highest BCUT2D eigenvalue weighted by Gasteiger charge is 2.30. The Bertz CT molecular complexity index is 954. The van der Waals surface area contributed by atoms with Crippen LogP contribution in [0.2, 0.25) is 0 Å². The number of anilines is 2. The van der Waals surface area contributed by atoms with Crippen molar-refractivity contribution in [2.45, 2.75) is 13.2 Å². The van der Waals surface area contributed by atoms with Crippen LogP contribution >= 0.6 is 0 Å². The molecule has 0 atom stereocenters. The van der Waals surface area contributed by atoms with E-state index in [4.69, 9.17) is 4.74 Å². The van der Waals surface area contributed by atoms with Crippen LogP contribution in [0.3, 0.4) is 0 Å². The number of amides is 1. The molecule has 4 rings (SSSR count). The number of hydrogen-bond donors (Lipinski definition) is 0. The maximum atomic E-state index is 13.0. The van der Waals surface area contributed by atoms with Crippen LogP contribution in [0.4, 0.5) is 11.6 Å². The molecule has 1 aromatic carbocycles. The summed E-state index contributed by atoms with van der Waals surface area (Å²) in [5.41, 5.74) is 1.25. The van der Waals surface area contributed by atoms with Gasteiger partial charge in [0.15, 0.2) is 11.6 Å². The van der Waals surface area contributed by atoms with Gasteiger partial charge < -0.3 is 9.64 Å². The smallest absolute Gasteiger partial charge is 0.277 e. The number of hydrogen-bond acceptors (Lipinski definition) is 6. The van der Waals surface area contributed by atoms with Crippen molar-refractivity contribution in [1.82, 2.24) is 19.7 Å². The standard InChI is InChI=1S/C19H20N6O2/c1-23(2)17-18(21-9-8-20-17)24-10-11-25-16(19(24)26)12-14(22-25)13-27-15-6-4-3-5-7-15/h3-9,12H,10-11,13H2,1-2H3. The van der Waals surface area contributed by atoms with Crippen LogP contribution in [-0.2, 0) is 13.2 Å². The topological polar surface area (TPSA) is 76.4 Å². The Labute approximate surface area is 157 Å². The van der Waals surface area contributed by atoms with Crippen molar-refractivity contribution in [2.75, 3.05) is 30.4 Å². The van der Waals surface area contributed by atoms with Gasteiger partial charge in [-0.05, 0) is 18.2 Å². The zero-order valence-electron chi connectivity index (χ0n) is 15.2. The average Bonchev–Trinajstić information content (AvgIpc) is 3.12. The Morgan fingerprint density at radius 1 is 1.11 bits per heavy atom. The maximum absolute atomic E-state index is 13.0. The molecule has 0 aliphatic carbocycles. The average molecular weight is 364 g/mol. The van der Waals surface area contributed by atoms with Crippen LogP contribution in [0.1, 0.15) is 16.2 Å². The fourth-order valence-corrected chi connectivity index (χ4v) is 3.02. The molecule has 0 bridgehead atoms. The summed E-state index contributed by atoms with van der Waals surface area (Å²) in [7, 11) is 3.76. The van der Waals surface area contributed by atoms with Gasteiger partial charge in [0.05, 0.1) is 6.54 Å². The molecule has 0 saturated heterocycles. The van der Waals surface area contributed by atoms with Gasteiger partial charge >= 0.3 is 0 Å². The van der Waals surface area contributed by atoms with Crippen LogP contribution in [-0.4, -0.2) is 46.3 Å². The van der Waals surface area contributed by atoms with E-state index in [2.05, 4.69) is 15.1 Å². The zero-order valence-corrected chi connectivity index (χ0v) is 15.2. The zero-order chi connectivity index (χ0) is 18.8. The van der Waals surface area contributed by atoms with Gasteiger partial charge in [-0.15, -0.1) is 0 Å². The molecule has 1 aliphatic rings. The second kappa shape index (κ2) is 7.06. The van der Waals surface area contributed by atoms with Crippen molar-refractivity contribution in [2.24, 2.45) is 0 Å². The van der Waals surface area contributed by atoms with Gasteiger partial charge in [-0.3, -0.25) is 14.4 Å². The molecule has 1 amide bonds. The molecule has 0 unspecified atom stereocenters. The minimum atomic E-state index is -0.136. The minimum Gasteiger partial charge on any atom is -0.487 e. The normalized spacial score (nSPS) is 13.4. The predicted octanol–water partition coefficient (Wildman–Crippen LogP) is 1.98. The van der Waals surface area contributed by atoms with Crippen molar-refractivity contribution >= 4 is 17.5 Å². The monoisotopic (exact) mass is 364 g/mol. The van der Waals surface area contributed by atoms with Gasteiger partial charge in [0.25, 0.3) is 5.91 Å². The Balaban J connectivity index is 1.55. The summed E-state index contributed by atoms with van der Waals surface area (Å²) in [5.74, 6) is 1.85. The van der Waals surface area contributed by atoms with Crippen molar-refractivity contribution in [3.8, 4) is 5.75 Å². The second-order valence-corrected chi connectivity index (χ2v) is 6.40. The van der Waals surface area contributed by atoms with E-state index in [-0.39, 0.29) is 5.91 Å². The molecule has 27 heavy (non-hydrogen) atoms. The second-order valence-electron chi connectivity index (χ2n) is 6.40. The molecule has 0 fully saturated rings. The van der Waals surface area contributed by atoms with Crippen LogP contribution < -0.4 is 14.5 Å². The molecular weight excluding hydrogens is 344 g/mol. The van der Waals surface area contributed by atoms with Crippen LogP contribution in [0.15, 0.2) is 48.8 Å². The van der Waals surface area contributed by atoms with E-state index in [0.29, 0.717) is 37.0 Å². The lowest BCUT2D eigenvalue weighted by Gasteiger charge is -2.28. The molecule has 8 nitrogen and oxygen atoms in total. The Hall–Kier alpha value is -3.42. The molecule has 0 radical (unpaired) electrons. The third-order valence-electron chi connectivity index (χ3n) is 4.30. The predicted molar refractivity (Wildman–Crippen MR) is 101 cm³/mol. The first-order chi connectivity index (χ1) is 13.1. The summed E-state index contributed by atoms with van der Waals surface area (Å²) >= 11 is 0. The number of ether oxygens (including phenoxy) is 1. The van der Waals surface area contributed by atoms with Gasteiger partial charge in [0, 0.05) is 33.0 Å². The van der Waals surface area contributed by atoms with Crippen LogP contribution in [0, 0.1) is 0 Å². The third-order valence-corrected chi connectivity index (χ3v) is 4.30. The molecule has 3 aromatic rings. The number of nitrogens with zero attached hydrogens (tertiary/aromatic N) is 6. The van der Waals surface area contributed by atoms with Gasteiger partial charge in [-0.1, -0.05) is 18.2 Å². The summed E-state index contributed by atoms with van der Waals surface area (Å²) < 4.78 is 7.47. The molecule has 1 aliphatic heterocycles. The lowest BCUT2D eigenvalue weighted by molar-refractivity contribution is 0.0961. The maximum Gasteiger partial charge on any atom is 0.277 e. The third kappa shape index (κ3) is 3.33. The lowest BCUT2D eigenvalue weighted by atomic mass is 10.2. The highest BCUT2D eigenvalue weighted by atomic mass is 16.5. The largest absolute Gasteiger partial charge is 0.487 e. The first-order valence-corrected chi connectivity index (χ1v) is 8.68. The number of aromatic nitrogens is 4. The van der Waals surface area contributed by atoms with Gasteiger partial charge in [0.1, 0.15) is 23.7 Å². The highest BCUT2D eigenvalue weighted by Crippen LogP contribution is 2.26. The molecule has 0 N–H and O–H groups in total. The van der Waals surface area contributed by atoms with E-state index in [9.17, 15) is 4.79 Å². The first-order valence-electron chi connectivity index (χ1n) is 8.68.